The number of rotatable bonds is 2. The number of anilines is 1. The van der Waals surface area contributed by atoms with Gasteiger partial charge in [-0.3, -0.25) is 5.10 Å². The molecular weight excluding hydrogens is 333 g/mol. The second-order valence-corrected chi connectivity index (χ2v) is 6.15. The zero-order valence-corrected chi connectivity index (χ0v) is 13.5. The highest BCUT2D eigenvalue weighted by atomic mass is 19.1. The topological polar surface area (TPSA) is 91.4 Å². The molecule has 2 atom stereocenters. The van der Waals surface area contributed by atoms with Crippen LogP contribution in [0, 0.1) is 5.82 Å². The molecule has 0 fully saturated rings. The zero-order chi connectivity index (χ0) is 17.5. The fourth-order valence-corrected chi connectivity index (χ4v) is 3.52. The van der Waals surface area contributed by atoms with Crippen molar-refractivity contribution in [3.8, 4) is 0 Å². The Bertz CT molecular complexity index is 1070. The molecule has 0 radical (unpaired) electrons. The van der Waals surface area contributed by atoms with Crippen molar-refractivity contribution in [1.29, 1.82) is 0 Å². The zero-order valence-electron chi connectivity index (χ0n) is 13.5. The molecule has 128 valence electrons. The molecule has 0 saturated carbocycles. The minimum atomic E-state index is -0.338. The molecule has 1 aliphatic heterocycles. The maximum Gasteiger partial charge on any atom is 0.137 e. The number of hydrogen-bond donors (Lipinski definition) is 3. The van der Waals surface area contributed by atoms with Crippen LogP contribution in [-0.2, 0) is 0 Å². The minimum Gasteiger partial charge on any atom is -0.320 e. The number of nitrogens with one attached hydrogen (secondary N) is 3. The average molecular weight is 347 g/mol. The molecule has 0 aliphatic carbocycles. The smallest absolute Gasteiger partial charge is 0.137 e. The fraction of sp³-hybridized carbons (Fsp3) is 0.111. The molecule has 3 heterocycles. The van der Waals surface area contributed by atoms with Crippen molar-refractivity contribution in [3.05, 3.63) is 77.9 Å². The van der Waals surface area contributed by atoms with E-state index in [1.807, 2.05) is 30.3 Å². The van der Waals surface area contributed by atoms with E-state index in [2.05, 4.69) is 36.2 Å². The number of hydrazine groups is 1. The maximum absolute atomic E-state index is 14.0. The van der Waals surface area contributed by atoms with Gasteiger partial charge in [-0.2, -0.15) is 15.3 Å². The summed E-state index contributed by atoms with van der Waals surface area (Å²) in [6.07, 6.45) is 3.03. The highest BCUT2D eigenvalue weighted by molar-refractivity contribution is 5.96. The van der Waals surface area contributed by atoms with Crippen LogP contribution in [0.1, 0.15) is 29.0 Å². The largest absolute Gasteiger partial charge is 0.320 e. The molecule has 0 spiro atoms. The summed E-state index contributed by atoms with van der Waals surface area (Å²) in [5.41, 5.74) is 8.81. The van der Waals surface area contributed by atoms with Gasteiger partial charge in [0.1, 0.15) is 18.0 Å². The normalized spacial score (nSPS) is 19.1. The van der Waals surface area contributed by atoms with Gasteiger partial charge in [-0.15, -0.1) is 0 Å². The lowest BCUT2D eigenvalue weighted by atomic mass is 9.88. The van der Waals surface area contributed by atoms with Gasteiger partial charge in [0.15, 0.2) is 0 Å². The first-order chi connectivity index (χ1) is 12.8. The van der Waals surface area contributed by atoms with E-state index in [0.29, 0.717) is 22.6 Å². The van der Waals surface area contributed by atoms with Gasteiger partial charge in [0, 0.05) is 10.8 Å². The molecule has 3 N–H and O–H groups in total. The van der Waals surface area contributed by atoms with E-state index >= 15 is 0 Å². The van der Waals surface area contributed by atoms with E-state index in [9.17, 15) is 4.39 Å². The van der Waals surface area contributed by atoms with E-state index in [0.717, 1.165) is 10.9 Å². The van der Waals surface area contributed by atoms with E-state index in [1.54, 1.807) is 6.20 Å². The van der Waals surface area contributed by atoms with Gasteiger partial charge < -0.3 is 5.43 Å². The molecule has 2 unspecified atom stereocenters. The molecule has 2 aromatic carbocycles. The molecule has 0 bridgehead atoms. The second kappa shape index (κ2) is 5.85. The Balaban J connectivity index is 1.79. The molecule has 0 saturated heterocycles. The van der Waals surface area contributed by atoms with E-state index in [4.69, 9.17) is 0 Å². The Labute approximate surface area is 147 Å². The van der Waals surface area contributed by atoms with Crippen molar-refractivity contribution in [3.63, 3.8) is 0 Å². The van der Waals surface area contributed by atoms with E-state index in [1.165, 1.54) is 18.5 Å². The molecule has 2 aromatic heterocycles. The van der Waals surface area contributed by atoms with Crippen LogP contribution in [-0.4, -0.2) is 25.4 Å². The van der Waals surface area contributed by atoms with Gasteiger partial charge >= 0.3 is 0 Å². The van der Waals surface area contributed by atoms with Crippen LogP contribution < -0.4 is 10.9 Å². The Morgan fingerprint density at radius 3 is 2.77 bits per heavy atom. The van der Waals surface area contributed by atoms with Crippen molar-refractivity contribution < 1.29 is 4.39 Å². The summed E-state index contributed by atoms with van der Waals surface area (Å²) in [5.74, 6) is 0.0394. The van der Waals surface area contributed by atoms with Gasteiger partial charge in [0.25, 0.3) is 0 Å². The van der Waals surface area contributed by atoms with Gasteiger partial charge in [-0.1, -0.05) is 30.3 Å². The summed E-state index contributed by atoms with van der Waals surface area (Å²) < 4.78 is 14.0. The number of hydrogen-bond acceptors (Lipinski definition) is 6. The van der Waals surface area contributed by atoms with Crippen LogP contribution in [0.2, 0.25) is 0 Å². The van der Waals surface area contributed by atoms with Crippen molar-refractivity contribution in [2.45, 2.75) is 12.0 Å². The van der Waals surface area contributed by atoms with Crippen molar-refractivity contribution in [2.75, 3.05) is 5.43 Å². The van der Waals surface area contributed by atoms with Gasteiger partial charge in [0.2, 0.25) is 0 Å². The van der Waals surface area contributed by atoms with Gasteiger partial charge in [0.05, 0.1) is 29.5 Å². The van der Waals surface area contributed by atoms with Crippen LogP contribution >= 0.6 is 0 Å². The fourth-order valence-electron chi connectivity index (χ4n) is 3.52. The van der Waals surface area contributed by atoms with Crippen LogP contribution in [0.15, 0.2) is 55.0 Å². The van der Waals surface area contributed by atoms with Gasteiger partial charge in [-0.05, 0) is 17.7 Å². The lowest BCUT2D eigenvalue weighted by Crippen LogP contribution is -2.31. The predicted molar refractivity (Wildman–Crippen MR) is 93.7 cm³/mol. The molecule has 26 heavy (non-hydrogen) atoms. The lowest BCUT2D eigenvalue weighted by molar-refractivity contribution is 0.506. The molecule has 8 heteroatoms. The van der Waals surface area contributed by atoms with Crippen molar-refractivity contribution in [2.24, 2.45) is 0 Å². The Kier molecular flexibility index (Phi) is 3.36. The number of aromatic nitrogens is 5. The minimum absolute atomic E-state index is 0.209. The number of aromatic amines is 1. The summed E-state index contributed by atoms with van der Waals surface area (Å²) in [7, 11) is 0. The third-order valence-electron chi connectivity index (χ3n) is 4.63. The van der Waals surface area contributed by atoms with E-state index in [-0.39, 0.29) is 17.8 Å². The quantitative estimate of drug-likeness (QED) is 0.516. The standard InChI is InChI=1S/C18H14FN7/c19-12-6-11-8-21-24-17-14(11)13(7-12)23-25-16(10-4-2-1-3-5-10)15(17)18-20-9-22-26-18/h1-9,15-16,23,25H,(H,20,22,26). The summed E-state index contributed by atoms with van der Waals surface area (Å²) in [5, 5.41) is 16.9. The third-order valence-corrected chi connectivity index (χ3v) is 4.63. The van der Waals surface area contributed by atoms with Crippen molar-refractivity contribution >= 4 is 16.5 Å². The van der Waals surface area contributed by atoms with Crippen LogP contribution in [0.4, 0.5) is 10.1 Å². The summed E-state index contributed by atoms with van der Waals surface area (Å²) in [6.45, 7) is 0. The monoisotopic (exact) mass is 347 g/mol. The second-order valence-electron chi connectivity index (χ2n) is 6.15. The maximum atomic E-state index is 14.0. The molecule has 7 nitrogen and oxygen atoms in total. The first-order valence-electron chi connectivity index (χ1n) is 8.18. The highest BCUT2D eigenvalue weighted by Gasteiger charge is 2.34. The number of nitrogens with zero attached hydrogens (tertiary/aromatic N) is 4. The summed E-state index contributed by atoms with van der Waals surface area (Å²) in [4.78, 5) is 4.36. The Morgan fingerprint density at radius 2 is 1.96 bits per heavy atom. The first kappa shape index (κ1) is 14.9. The number of H-pyrrole nitrogens is 1. The lowest BCUT2D eigenvalue weighted by Gasteiger charge is -2.24. The SMILES string of the molecule is Fc1cc2c3c(nncc3c1)C(c1ncn[nH]1)C(c1ccccc1)NN2. The Morgan fingerprint density at radius 1 is 1.08 bits per heavy atom. The Hall–Kier alpha value is -3.39. The third kappa shape index (κ3) is 2.31. The van der Waals surface area contributed by atoms with E-state index < -0.39 is 0 Å². The van der Waals surface area contributed by atoms with Crippen molar-refractivity contribution in [1.82, 2.24) is 30.8 Å². The summed E-state index contributed by atoms with van der Waals surface area (Å²) >= 11 is 0. The molecule has 1 aliphatic rings. The van der Waals surface area contributed by atoms with Crippen LogP contribution in [0.3, 0.4) is 0 Å². The average Bonchev–Trinajstić information content (AvgIpc) is 3.13. The molecule has 0 amide bonds. The number of benzene rings is 2. The highest BCUT2D eigenvalue weighted by Crippen LogP contribution is 2.41. The van der Waals surface area contributed by atoms with Crippen LogP contribution in [0.5, 0.6) is 0 Å². The summed E-state index contributed by atoms with van der Waals surface area (Å²) in [6, 6.07) is 12.6. The molecule has 5 rings (SSSR count). The van der Waals surface area contributed by atoms with Gasteiger partial charge in [-0.25, -0.2) is 14.8 Å². The molecule has 4 aromatic rings. The first-order valence-corrected chi connectivity index (χ1v) is 8.18. The molecular formula is C18H14FN7. The number of halogens is 1. The van der Waals surface area contributed by atoms with Crippen LogP contribution in [0.25, 0.3) is 10.8 Å². The predicted octanol–water partition coefficient (Wildman–Crippen LogP) is 2.69.